The fraction of sp³-hybridized carbons (Fsp3) is 0.156. The van der Waals surface area contributed by atoms with E-state index < -0.39 is 0 Å². The van der Waals surface area contributed by atoms with Crippen LogP contribution in [0.25, 0.3) is 93.9 Å². The van der Waals surface area contributed by atoms with Gasteiger partial charge in [-0.2, -0.15) is 0 Å². The molecule has 3 nitrogen and oxygen atoms in total. The van der Waals surface area contributed by atoms with E-state index in [1.807, 2.05) is 0 Å². The lowest BCUT2D eigenvalue weighted by Crippen LogP contribution is -2.28. The summed E-state index contributed by atoms with van der Waals surface area (Å²) in [5.74, 6) is 0.676. The molecule has 0 atom stereocenters. The molecule has 0 radical (unpaired) electrons. The molecule has 80 heavy (non-hydrogen) atoms. The fourth-order valence-electron chi connectivity index (χ4n) is 16.3. The summed E-state index contributed by atoms with van der Waals surface area (Å²) in [6.07, 6.45) is 15.7. The second-order valence-corrected chi connectivity index (χ2v) is 23.5. The maximum absolute atomic E-state index is 5.13. The first-order chi connectivity index (χ1) is 39.6. The first-order valence-corrected chi connectivity index (χ1v) is 29.2. The summed E-state index contributed by atoms with van der Waals surface area (Å²) in [7, 11) is 0. The average Bonchev–Trinajstić information content (AvgIpc) is 3.85. The highest BCUT2D eigenvalue weighted by molar-refractivity contribution is 6.40. The van der Waals surface area contributed by atoms with Crippen molar-refractivity contribution in [2.24, 2.45) is 0 Å². The molecule has 6 aliphatic carbocycles. The van der Waals surface area contributed by atoms with Gasteiger partial charge in [-0.15, -0.1) is 0 Å². The van der Waals surface area contributed by atoms with E-state index in [-0.39, 0.29) is 10.8 Å². The SMILES string of the molecule is c1ccc(C2=C(c3ccc4c(c3)-c3ccccc3C43CCCCC3)C(c3cccc4ccccc34)=C3C2=C(c2ncncn2)c2cc(-c4ccc5c(c4)C4(CCCCC4)c4ccccc4-5)c(-c4ccc5ccccc5c4)cc23)cc1. The zero-order chi connectivity index (χ0) is 52.5. The summed E-state index contributed by atoms with van der Waals surface area (Å²) in [5, 5.41) is 4.91. The first kappa shape index (κ1) is 45.9. The van der Waals surface area contributed by atoms with Crippen LogP contribution in [0, 0.1) is 0 Å². The van der Waals surface area contributed by atoms with Gasteiger partial charge in [-0.1, -0.05) is 221 Å². The van der Waals surface area contributed by atoms with Gasteiger partial charge in [-0.05, 0) is 194 Å². The van der Waals surface area contributed by atoms with E-state index in [1.165, 1.54) is 203 Å². The highest BCUT2D eigenvalue weighted by atomic mass is 15.0. The van der Waals surface area contributed by atoms with Crippen LogP contribution in [0.15, 0.2) is 231 Å². The number of aromatic nitrogens is 3. The predicted octanol–water partition coefficient (Wildman–Crippen LogP) is 19.3. The molecule has 11 aromatic rings. The molecule has 0 N–H and O–H groups in total. The van der Waals surface area contributed by atoms with Crippen LogP contribution in [-0.2, 0) is 10.8 Å². The molecule has 380 valence electrons. The Hall–Kier alpha value is -9.05. The molecule has 0 amide bonds. The third-order valence-electron chi connectivity index (χ3n) is 19.6. The topological polar surface area (TPSA) is 38.7 Å². The van der Waals surface area contributed by atoms with Crippen molar-refractivity contribution in [3.8, 4) is 44.5 Å². The van der Waals surface area contributed by atoms with Crippen LogP contribution in [0.1, 0.15) is 120 Å². The standard InChI is InChI=1S/C77H57N3/c1-4-21-50(22-5-1)69-70(54-34-36-67-62(42-54)57-27-11-13-30-66(57)76(67)37-14-2-15-38-76)71(59-28-18-24-49-20-8-9-25-55(49)59)72-63-44-60(52-32-31-48-19-6-7-23-51(48)41-52)61(45-64(63)73(74(69)72)75-79-46-78-47-80-75)53-33-35-58-56-26-10-12-29-65(56)77(68(58)43-53)39-16-3-17-40-77/h1,4-13,18-36,41-47H,2-3,14-17,37-40H2. The zero-order valence-corrected chi connectivity index (χ0v) is 44.8. The minimum Gasteiger partial charge on any atom is -0.225 e. The van der Waals surface area contributed by atoms with Crippen LogP contribution in [0.2, 0.25) is 0 Å². The van der Waals surface area contributed by atoms with Crippen molar-refractivity contribution in [3.63, 3.8) is 0 Å². The Morgan fingerprint density at radius 1 is 0.263 bits per heavy atom. The van der Waals surface area contributed by atoms with Gasteiger partial charge in [0.25, 0.3) is 0 Å². The molecule has 2 saturated carbocycles. The molecule has 2 spiro atoms. The molecule has 0 saturated heterocycles. The summed E-state index contributed by atoms with van der Waals surface area (Å²) < 4.78 is 0. The maximum atomic E-state index is 5.13. The Morgan fingerprint density at radius 2 is 0.787 bits per heavy atom. The Labute approximate surface area is 467 Å². The second-order valence-electron chi connectivity index (χ2n) is 23.5. The monoisotopic (exact) mass is 1020 g/mol. The summed E-state index contributed by atoms with van der Waals surface area (Å²) in [4.78, 5) is 14.7. The molecule has 0 unspecified atom stereocenters. The van der Waals surface area contributed by atoms with Crippen molar-refractivity contribution in [2.75, 3.05) is 0 Å². The minimum atomic E-state index is 0.00957. The maximum Gasteiger partial charge on any atom is 0.163 e. The van der Waals surface area contributed by atoms with Crippen molar-refractivity contribution >= 4 is 49.4 Å². The lowest BCUT2D eigenvalue weighted by atomic mass is 9.67. The molecule has 1 aromatic heterocycles. The molecule has 3 heteroatoms. The van der Waals surface area contributed by atoms with Crippen molar-refractivity contribution in [3.05, 3.63) is 286 Å². The normalized spacial score (nSPS) is 17.1. The number of fused-ring (bicyclic) bond motifs is 15. The third-order valence-corrected chi connectivity index (χ3v) is 19.6. The number of hydrogen-bond donors (Lipinski definition) is 0. The highest BCUT2D eigenvalue weighted by Crippen LogP contribution is 2.65. The van der Waals surface area contributed by atoms with E-state index >= 15 is 0 Å². The quantitative estimate of drug-likeness (QED) is 0.167. The van der Waals surface area contributed by atoms with Crippen molar-refractivity contribution < 1.29 is 0 Å². The van der Waals surface area contributed by atoms with Gasteiger partial charge in [0.15, 0.2) is 5.82 Å². The molecule has 2 fully saturated rings. The molecular formula is C77H57N3. The molecule has 0 bridgehead atoms. The van der Waals surface area contributed by atoms with E-state index in [1.54, 1.807) is 12.7 Å². The molecule has 17 rings (SSSR count). The minimum absolute atomic E-state index is 0.00957. The summed E-state index contributed by atoms with van der Waals surface area (Å²) in [5.41, 5.74) is 29.5. The summed E-state index contributed by atoms with van der Waals surface area (Å²) >= 11 is 0. The van der Waals surface area contributed by atoms with Crippen molar-refractivity contribution in [2.45, 2.75) is 75.0 Å². The first-order valence-electron chi connectivity index (χ1n) is 29.2. The molecule has 1 heterocycles. The van der Waals surface area contributed by atoms with Gasteiger partial charge in [-0.25, -0.2) is 15.0 Å². The van der Waals surface area contributed by atoms with E-state index in [9.17, 15) is 0 Å². The summed E-state index contributed by atoms with van der Waals surface area (Å²) in [6.45, 7) is 0. The zero-order valence-electron chi connectivity index (χ0n) is 44.8. The van der Waals surface area contributed by atoms with Crippen LogP contribution in [0.5, 0.6) is 0 Å². The molecule has 10 aromatic carbocycles. The van der Waals surface area contributed by atoms with Crippen LogP contribution in [0.3, 0.4) is 0 Å². The number of benzene rings is 10. The average molecular weight is 1020 g/mol. The van der Waals surface area contributed by atoms with E-state index in [0.717, 1.165) is 11.1 Å². The third kappa shape index (κ3) is 6.58. The highest BCUT2D eigenvalue weighted by Gasteiger charge is 2.47. The van der Waals surface area contributed by atoms with Gasteiger partial charge < -0.3 is 0 Å². The number of allylic oxidation sites excluding steroid dienone is 5. The largest absolute Gasteiger partial charge is 0.225 e. The smallest absolute Gasteiger partial charge is 0.163 e. The second kappa shape index (κ2) is 17.7. The van der Waals surface area contributed by atoms with Gasteiger partial charge >= 0.3 is 0 Å². The number of hydrogen-bond acceptors (Lipinski definition) is 3. The Balaban J connectivity index is 0.997. The van der Waals surface area contributed by atoms with E-state index in [2.05, 4.69) is 217 Å². The lowest BCUT2D eigenvalue weighted by Gasteiger charge is -2.36. The van der Waals surface area contributed by atoms with Crippen LogP contribution in [-0.4, -0.2) is 15.0 Å². The van der Waals surface area contributed by atoms with E-state index in [4.69, 9.17) is 9.97 Å². The number of rotatable bonds is 6. The van der Waals surface area contributed by atoms with Crippen LogP contribution >= 0.6 is 0 Å². The van der Waals surface area contributed by atoms with Gasteiger partial charge in [0, 0.05) is 22.0 Å². The molecular weight excluding hydrogens is 967 g/mol. The van der Waals surface area contributed by atoms with Gasteiger partial charge in [0.1, 0.15) is 12.7 Å². The van der Waals surface area contributed by atoms with Gasteiger partial charge in [-0.3, -0.25) is 0 Å². The van der Waals surface area contributed by atoms with Crippen molar-refractivity contribution in [1.82, 2.24) is 15.0 Å². The van der Waals surface area contributed by atoms with Crippen LogP contribution < -0.4 is 0 Å². The van der Waals surface area contributed by atoms with E-state index in [0.29, 0.717) is 5.82 Å². The number of nitrogens with zero attached hydrogens (tertiary/aromatic N) is 3. The van der Waals surface area contributed by atoms with Crippen LogP contribution in [0.4, 0.5) is 0 Å². The Bertz CT molecular complexity index is 4520. The molecule has 0 aliphatic heterocycles. The van der Waals surface area contributed by atoms with Gasteiger partial charge in [0.05, 0.1) is 0 Å². The lowest BCUT2D eigenvalue weighted by molar-refractivity contribution is 0.353. The Kier molecular flexibility index (Phi) is 10.2. The van der Waals surface area contributed by atoms with Crippen molar-refractivity contribution in [1.29, 1.82) is 0 Å². The summed E-state index contributed by atoms with van der Waals surface area (Å²) in [6, 6.07) is 81.6. The Morgan fingerprint density at radius 3 is 1.54 bits per heavy atom. The molecule has 6 aliphatic rings. The fourth-order valence-corrected chi connectivity index (χ4v) is 16.3. The predicted molar refractivity (Wildman–Crippen MR) is 330 cm³/mol. The van der Waals surface area contributed by atoms with Gasteiger partial charge in [0.2, 0.25) is 0 Å².